The monoisotopic (exact) mass is 368 g/mol. The van der Waals surface area contributed by atoms with Crippen molar-refractivity contribution in [2.24, 2.45) is 11.8 Å². The van der Waals surface area contributed by atoms with Crippen molar-refractivity contribution in [3.8, 4) is 0 Å². The Bertz CT molecular complexity index is 767. The van der Waals surface area contributed by atoms with Crippen LogP contribution in [0.5, 0.6) is 0 Å². The molecule has 8 heteroatoms. The summed E-state index contributed by atoms with van der Waals surface area (Å²) >= 11 is 0. The van der Waals surface area contributed by atoms with Crippen molar-refractivity contribution in [3.05, 3.63) is 24.3 Å². The molecule has 0 aliphatic heterocycles. The van der Waals surface area contributed by atoms with Crippen LogP contribution in [-0.4, -0.2) is 30.9 Å². The van der Waals surface area contributed by atoms with E-state index < -0.39 is 27.4 Å². The molecule has 2 atom stereocenters. The van der Waals surface area contributed by atoms with E-state index in [4.69, 9.17) is 5.11 Å². The van der Waals surface area contributed by atoms with Gasteiger partial charge < -0.3 is 10.4 Å². The summed E-state index contributed by atoms with van der Waals surface area (Å²) in [5.74, 6) is -2.01. The largest absolute Gasteiger partial charge is 0.481 e. The van der Waals surface area contributed by atoms with E-state index in [1.54, 1.807) is 32.9 Å². The van der Waals surface area contributed by atoms with Crippen LogP contribution in [0.15, 0.2) is 29.2 Å². The van der Waals surface area contributed by atoms with E-state index >= 15 is 0 Å². The number of rotatable bonds is 5. The van der Waals surface area contributed by atoms with Gasteiger partial charge in [-0.15, -0.1) is 0 Å². The van der Waals surface area contributed by atoms with Gasteiger partial charge in [-0.25, -0.2) is 13.1 Å². The van der Waals surface area contributed by atoms with E-state index in [9.17, 15) is 18.0 Å². The lowest BCUT2D eigenvalue weighted by Crippen LogP contribution is -2.40. The van der Waals surface area contributed by atoms with Gasteiger partial charge in [-0.05, 0) is 58.2 Å². The number of carbonyl (C=O) groups excluding carboxylic acids is 1. The van der Waals surface area contributed by atoms with Crippen molar-refractivity contribution in [2.75, 3.05) is 5.32 Å². The summed E-state index contributed by atoms with van der Waals surface area (Å²) in [5.41, 5.74) is -0.242. The van der Waals surface area contributed by atoms with Crippen molar-refractivity contribution >= 4 is 27.6 Å². The fourth-order valence-electron chi connectivity index (χ4n) is 2.89. The molecule has 0 bridgehead atoms. The Labute approximate surface area is 147 Å². The van der Waals surface area contributed by atoms with E-state index in [1.165, 1.54) is 12.1 Å². The molecule has 2 rings (SSSR count). The molecule has 1 aromatic carbocycles. The average Bonchev–Trinajstić information content (AvgIpc) is 2.95. The normalized spacial score (nSPS) is 21.1. The Morgan fingerprint density at radius 3 is 2.36 bits per heavy atom. The zero-order valence-corrected chi connectivity index (χ0v) is 15.4. The molecule has 138 valence electrons. The van der Waals surface area contributed by atoms with Crippen LogP contribution in [0.4, 0.5) is 5.69 Å². The molecule has 0 saturated heterocycles. The predicted octanol–water partition coefficient (Wildman–Crippen LogP) is 2.20. The highest BCUT2D eigenvalue weighted by molar-refractivity contribution is 7.89. The van der Waals surface area contributed by atoms with Crippen LogP contribution in [0, 0.1) is 11.8 Å². The molecule has 0 radical (unpaired) electrons. The van der Waals surface area contributed by atoms with Crippen LogP contribution < -0.4 is 10.0 Å². The van der Waals surface area contributed by atoms with E-state index in [0.717, 1.165) is 0 Å². The Morgan fingerprint density at radius 2 is 1.80 bits per heavy atom. The van der Waals surface area contributed by atoms with Gasteiger partial charge in [0.15, 0.2) is 0 Å². The van der Waals surface area contributed by atoms with Crippen molar-refractivity contribution in [2.45, 2.75) is 50.5 Å². The van der Waals surface area contributed by atoms with Crippen LogP contribution in [0.2, 0.25) is 0 Å². The van der Waals surface area contributed by atoms with Crippen molar-refractivity contribution in [1.82, 2.24) is 4.72 Å². The fraction of sp³-hybridized carbons (Fsp3) is 0.529. The van der Waals surface area contributed by atoms with Crippen molar-refractivity contribution in [1.29, 1.82) is 0 Å². The Balaban J connectivity index is 2.09. The first-order chi connectivity index (χ1) is 11.5. The second kappa shape index (κ2) is 7.13. The summed E-state index contributed by atoms with van der Waals surface area (Å²) in [6.45, 7) is 5.24. The highest BCUT2D eigenvalue weighted by Gasteiger charge is 2.34. The van der Waals surface area contributed by atoms with Gasteiger partial charge in [0.05, 0.1) is 10.8 Å². The van der Waals surface area contributed by atoms with Crippen LogP contribution in [0.25, 0.3) is 0 Å². The number of aliphatic carboxylic acids is 1. The van der Waals surface area contributed by atoms with Gasteiger partial charge in [0.2, 0.25) is 15.9 Å². The van der Waals surface area contributed by atoms with Gasteiger partial charge in [-0.2, -0.15) is 0 Å². The summed E-state index contributed by atoms with van der Waals surface area (Å²) < 4.78 is 27.3. The first-order valence-electron chi connectivity index (χ1n) is 8.16. The number of carbonyl (C=O) groups is 2. The molecule has 1 amide bonds. The number of nitrogens with one attached hydrogen (secondary N) is 2. The average molecular weight is 368 g/mol. The van der Waals surface area contributed by atoms with Crippen LogP contribution in [0.3, 0.4) is 0 Å². The Morgan fingerprint density at radius 1 is 1.16 bits per heavy atom. The van der Waals surface area contributed by atoms with Gasteiger partial charge in [0.1, 0.15) is 0 Å². The number of sulfonamides is 1. The summed E-state index contributed by atoms with van der Waals surface area (Å²) in [4.78, 5) is 23.4. The summed E-state index contributed by atoms with van der Waals surface area (Å²) in [5, 5.41) is 11.7. The van der Waals surface area contributed by atoms with Gasteiger partial charge >= 0.3 is 5.97 Å². The maximum absolute atomic E-state index is 12.4. The molecule has 7 nitrogen and oxygen atoms in total. The van der Waals surface area contributed by atoms with E-state index in [0.29, 0.717) is 24.9 Å². The number of carboxylic acid groups (broad SMARTS) is 1. The predicted molar refractivity (Wildman–Crippen MR) is 93.6 cm³/mol. The molecule has 0 heterocycles. The molecule has 1 aliphatic carbocycles. The van der Waals surface area contributed by atoms with Gasteiger partial charge in [0.25, 0.3) is 0 Å². The number of anilines is 1. The third kappa shape index (κ3) is 5.27. The fourth-order valence-corrected chi connectivity index (χ4v) is 4.36. The molecule has 0 unspecified atom stereocenters. The van der Waals surface area contributed by atoms with Crippen LogP contribution in [-0.2, 0) is 19.6 Å². The van der Waals surface area contributed by atoms with E-state index in [1.807, 2.05) is 0 Å². The van der Waals surface area contributed by atoms with Gasteiger partial charge in [-0.1, -0.05) is 6.07 Å². The number of amides is 1. The number of hydrogen-bond donors (Lipinski definition) is 3. The van der Waals surface area contributed by atoms with Crippen LogP contribution >= 0.6 is 0 Å². The zero-order chi connectivity index (χ0) is 18.8. The molecular formula is C17H24N2O5S. The minimum Gasteiger partial charge on any atom is -0.481 e. The smallest absolute Gasteiger partial charge is 0.306 e. The van der Waals surface area contributed by atoms with Crippen molar-refractivity contribution in [3.63, 3.8) is 0 Å². The van der Waals surface area contributed by atoms with E-state index in [-0.39, 0.29) is 16.7 Å². The molecule has 1 aromatic rings. The molecule has 3 N–H and O–H groups in total. The summed E-state index contributed by atoms with van der Waals surface area (Å²) in [6, 6.07) is 6.02. The van der Waals surface area contributed by atoms with Gasteiger partial charge in [0, 0.05) is 17.1 Å². The number of hydrogen-bond acceptors (Lipinski definition) is 4. The van der Waals surface area contributed by atoms with Crippen molar-refractivity contribution < 1.29 is 23.1 Å². The standard InChI is InChI=1S/C17H24N2O5S/c1-17(2,3)19-25(23,24)14-6-4-5-13(10-14)18-15(20)11-7-8-12(9-11)16(21)22/h4-6,10-12,19H,7-9H2,1-3H3,(H,18,20)(H,21,22)/t11-,12+/m1/s1. The third-order valence-corrected chi connectivity index (χ3v) is 5.76. The lowest BCUT2D eigenvalue weighted by molar-refractivity contribution is -0.141. The topological polar surface area (TPSA) is 113 Å². The number of carboxylic acids is 1. The lowest BCUT2D eigenvalue weighted by Gasteiger charge is -2.20. The Kier molecular flexibility index (Phi) is 5.53. The first-order valence-corrected chi connectivity index (χ1v) is 9.64. The quantitative estimate of drug-likeness (QED) is 0.737. The Hall–Kier alpha value is -1.93. The lowest BCUT2D eigenvalue weighted by atomic mass is 10.0. The number of benzene rings is 1. The molecule has 0 spiro atoms. The summed E-state index contributed by atoms with van der Waals surface area (Å²) in [7, 11) is -3.69. The minimum atomic E-state index is -3.69. The SMILES string of the molecule is CC(C)(C)NS(=O)(=O)c1cccc(NC(=O)[C@@H]2CC[C@H](C(=O)O)C2)c1. The molecule has 1 aliphatic rings. The molecule has 25 heavy (non-hydrogen) atoms. The van der Waals surface area contributed by atoms with E-state index in [2.05, 4.69) is 10.0 Å². The maximum Gasteiger partial charge on any atom is 0.306 e. The molecule has 1 saturated carbocycles. The second-order valence-corrected chi connectivity index (χ2v) is 9.10. The highest BCUT2D eigenvalue weighted by atomic mass is 32.2. The molecular weight excluding hydrogens is 344 g/mol. The minimum absolute atomic E-state index is 0.0649. The van der Waals surface area contributed by atoms with Crippen LogP contribution in [0.1, 0.15) is 40.0 Å². The summed E-state index contributed by atoms with van der Waals surface area (Å²) in [6.07, 6.45) is 1.31. The first kappa shape index (κ1) is 19.4. The molecule has 0 aromatic heterocycles. The van der Waals surface area contributed by atoms with Gasteiger partial charge in [-0.3, -0.25) is 9.59 Å². The highest BCUT2D eigenvalue weighted by Crippen LogP contribution is 2.32. The second-order valence-electron chi connectivity index (χ2n) is 7.42. The molecule has 1 fully saturated rings. The zero-order valence-electron chi connectivity index (χ0n) is 14.6. The maximum atomic E-state index is 12.4. The third-order valence-electron chi connectivity index (χ3n) is 4.01.